The first-order chi connectivity index (χ1) is 12.2. The van der Waals surface area contributed by atoms with E-state index in [1.165, 1.54) is 11.8 Å². The molecule has 0 bridgehead atoms. The van der Waals surface area contributed by atoms with E-state index >= 15 is 0 Å². The fourth-order valence-electron chi connectivity index (χ4n) is 2.07. The number of thioether (sulfide) groups is 1. The first kappa shape index (κ1) is 21.0. The number of allylic oxidation sites excluding steroid dienone is 1. The van der Waals surface area contributed by atoms with Crippen molar-refractivity contribution < 1.29 is 14.3 Å². The van der Waals surface area contributed by atoms with Gasteiger partial charge in [0.25, 0.3) is 0 Å². The Morgan fingerprint density at radius 3 is 2.60 bits per heavy atom. The molecule has 0 aliphatic rings. The summed E-state index contributed by atoms with van der Waals surface area (Å²) >= 11 is 1.20. The Morgan fingerprint density at radius 2 is 1.92 bits per heavy atom. The molecule has 0 unspecified atom stereocenters. The van der Waals surface area contributed by atoms with Gasteiger partial charge in [0, 0.05) is 6.42 Å². The summed E-state index contributed by atoms with van der Waals surface area (Å²) in [7, 11) is 0. The molecule has 0 aliphatic heterocycles. The molecule has 0 spiro atoms. The second-order valence-electron chi connectivity index (χ2n) is 5.45. The van der Waals surface area contributed by atoms with Crippen LogP contribution >= 0.6 is 11.8 Å². The van der Waals surface area contributed by atoms with Crippen molar-refractivity contribution in [2.75, 3.05) is 6.26 Å². The smallest absolute Gasteiger partial charge is 0.436 e. The van der Waals surface area contributed by atoms with E-state index in [9.17, 15) is 9.59 Å². The quantitative estimate of drug-likeness (QED) is 0.300. The first-order valence-corrected chi connectivity index (χ1v) is 9.62. The maximum Gasteiger partial charge on any atom is 0.436 e. The van der Waals surface area contributed by atoms with E-state index in [2.05, 4.69) is 16.9 Å². The van der Waals surface area contributed by atoms with E-state index in [0.29, 0.717) is 6.42 Å². The van der Waals surface area contributed by atoms with Crippen LogP contribution in [-0.2, 0) is 16.1 Å². The number of benzene rings is 1. The van der Waals surface area contributed by atoms with Crippen LogP contribution in [0.3, 0.4) is 0 Å². The summed E-state index contributed by atoms with van der Waals surface area (Å²) in [6.45, 7) is 3.84. The molecule has 1 aromatic carbocycles. The van der Waals surface area contributed by atoms with Gasteiger partial charge in [0.1, 0.15) is 6.61 Å². The van der Waals surface area contributed by atoms with E-state index in [-0.39, 0.29) is 17.7 Å². The van der Waals surface area contributed by atoms with Crippen molar-refractivity contribution in [3.63, 3.8) is 0 Å². The summed E-state index contributed by atoms with van der Waals surface area (Å²) in [5.74, 6) is -0.132. The van der Waals surface area contributed by atoms with Crippen molar-refractivity contribution in [3.05, 3.63) is 48.6 Å². The number of rotatable bonds is 9. The highest BCUT2D eigenvalue weighted by Gasteiger charge is 2.08. The average molecular weight is 362 g/mol. The minimum absolute atomic E-state index is 0.132. The molecule has 0 saturated carbocycles. The number of hydrogen-bond donors (Lipinski definition) is 1. The van der Waals surface area contributed by atoms with Crippen molar-refractivity contribution in [1.82, 2.24) is 5.32 Å². The molecular formula is C19H26N2O3S. The summed E-state index contributed by atoms with van der Waals surface area (Å²) in [5, 5.41) is 2.91. The average Bonchev–Trinajstić information content (AvgIpc) is 2.63. The highest BCUT2D eigenvalue weighted by Crippen LogP contribution is 2.07. The van der Waals surface area contributed by atoms with Crippen LogP contribution in [0, 0.1) is 0 Å². The lowest BCUT2D eigenvalue weighted by Gasteiger charge is -2.06. The molecule has 0 aromatic heterocycles. The second kappa shape index (κ2) is 13.2. The highest BCUT2D eigenvalue weighted by atomic mass is 32.2. The molecule has 1 N–H and O–H groups in total. The fourth-order valence-corrected chi connectivity index (χ4v) is 2.45. The molecule has 5 nitrogen and oxygen atoms in total. The van der Waals surface area contributed by atoms with Gasteiger partial charge in [-0.3, -0.25) is 4.79 Å². The standard InChI is InChI=1S/C19H26N2O3S/c1-3-4-5-6-7-11-14-17(22)20-18(25-2)21-19(23)24-15-16-12-9-8-10-13-16/h3,8-10,12-13H,1,4-7,11,14-15H2,2H3,(H,20,21,22,23). The zero-order valence-corrected chi connectivity index (χ0v) is 15.5. The van der Waals surface area contributed by atoms with E-state index in [0.717, 1.165) is 37.7 Å². The van der Waals surface area contributed by atoms with Crippen LogP contribution < -0.4 is 5.32 Å². The number of nitrogens with zero attached hydrogens (tertiary/aromatic N) is 1. The van der Waals surface area contributed by atoms with E-state index in [1.54, 1.807) is 6.26 Å². The van der Waals surface area contributed by atoms with Crippen molar-refractivity contribution in [1.29, 1.82) is 0 Å². The van der Waals surface area contributed by atoms with Crippen LogP contribution in [0.25, 0.3) is 0 Å². The monoisotopic (exact) mass is 362 g/mol. The predicted molar refractivity (Wildman–Crippen MR) is 104 cm³/mol. The molecule has 136 valence electrons. The topological polar surface area (TPSA) is 67.8 Å². The van der Waals surface area contributed by atoms with Gasteiger partial charge < -0.3 is 10.1 Å². The van der Waals surface area contributed by atoms with Crippen molar-refractivity contribution in [2.24, 2.45) is 4.99 Å². The van der Waals surface area contributed by atoms with E-state index < -0.39 is 6.09 Å². The minimum atomic E-state index is -0.710. The van der Waals surface area contributed by atoms with Crippen LogP contribution in [0.15, 0.2) is 48.0 Å². The molecule has 2 amide bonds. The van der Waals surface area contributed by atoms with E-state index in [4.69, 9.17) is 4.74 Å². The van der Waals surface area contributed by atoms with Gasteiger partial charge in [-0.15, -0.1) is 6.58 Å². The van der Waals surface area contributed by atoms with Gasteiger partial charge in [0.05, 0.1) is 0 Å². The number of ether oxygens (including phenoxy) is 1. The number of hydrogen-bond acceptors (Lipinski definition) is 4. The molecule has 0 saturated heterocycles. The Bertz CT molecular complexity index is 573. The van der Waals surface area contributed by atoms with E-state index in [1.807, 2.05) is 36.4 Å². The first-order valence-electron chi connectivity index (χ1n) is 8.39. The molecule has 6 heteroatoms. The lowest BCUT2D eigenvalue weighted by molar-refractivity contribution is -0.119. The third kappa shape index (κ3) is 10.4. The third-order valence-electron chi connectivity index (χ3n) is 3.40. The van der Waals surface area contributed by atoms with Gasteiger partial charge in [-0.2, -0.15) is 4.99 Å². The summed E-state index contributed by atoms with van der Waals surface area (Å²) in [6, 6.07) is 9.37. The number of carbonyl (C=O) groups is 2. The summed E-state index contributed by atoms with van der Waals surface area (Å²) in [4.78, 5) is 27.4. The third-order valence-corrected chi connectivity index (χ3v) is 3.98. The van der Waals surface area contributed by atoms with Gasteiger partial charge in [-0.25, -0.2) is 4.79 Å². The zero-order valence-electron chi connectivity index (χ0n) is 14.7. The van der Waals surface area contributed by atoms with Gasteiger partial charge >= 0.3 is 6.09 Å². The largest absolute Gasteiger partial charge is 0.443 e. The maximum atomic E-state index is 11.9. The summed E-state index contributed by atoms with van der Waals surface area (Å²) in [5.41, 5.74) is 0.886. The Hall–Kier alpha value is -2.08. The van der Waals surface area contributed by atoms with Crippen LogP contribution in [0.1, 0.15) is 44.1 Å². The Morgan fingerprint density at radius 1 is 1.20 bits per heavy atom. The molecule has 0 radical (unpaired) electrons. The number of carbonyl (C=O) groups excluding carboxylic acids is 2. The van der Waals surface area contributed by atoms with Crippen molar-refractivity contribution in [2.45, 2.75) is 45.1 Å². The minimum Gasteiger partial charge on any atom is -0.443 e. The zero-order chi connectivity index (χ0) is 18.3. The number of amides is 2. The number of aliphatic imine (C=N–C) groups is 1. The molecule has 0 aliphatic carbocycles. The SMILES string of the molecule is C=CCCCCCCC(=O)N/C(=N/C(=O)OCc1ccccc1)SC. The lowest BCUT2D eigenvalue weighted by Crippen LogP contribution is -2.28. The molecule has 1 rings (SSSR count). The molecule has 0 heterocycles. The fraction of sp³-hybridized carbons (Fsp3) is 0.421. The van der Waals surface area contributed by atoms with Crippen LogP contribution in [0.2, 0.25) is 0 Å². The van der Waals surface area contributed by atoms with Crippen LogP contribution in [0.5, 0.6) is 0 Å². The van der Waals surface area contributed by atoms with Crippen LogP contribution in [-0.4, -0.2) is 23.4 Å². The second-order valence-corrected chi connectivity index (χ2v) is 6.25. The molecular weight excluding hydrogens is 336 g/mol. The van der Waals surface area contributed by atoms with Crippen LogP contribution in [0.4, 0.5) is 4.79 Å². The van der Waals surface area contributed by atoms with Crippen molar-refractivity contribution in [3.8, 4) is 0 Å². The number of amidine groups is 1. The van der Waals surface area contributed by atoms with Gasteiger partial charge in [0.15, 0.2) is 5.17 Å². The Kier molecular flexibility index (Phi) is 11.1. The molecule has 25 heavy (non-hydrogen) atoms. The Balaban J connectivity index is 2.30. The predicted octanol–water partition coefficient (Wildman–Crippen LogP) is 4.69. The normalized spacial score (nSPS) is 11.0. The molecule has 0 atom stereocenters. The molecule has 1 aromatic rings. The lowest BCUT2D eigenvalue weighted by atomic mass is 10.1. The summed E-state index contributed by atoms with van der Waals surface area (Å²) in [6.07, 6.45) is 8.41. The maximum absolute atomic E-state index is 11.9. The number of unbranched alkanes of at least 4 members (excludes halogenated alkanes) is 4. The van der Waals surface area contributed by atoms with Crippen molar-refractivity contribution >= 4 is 28.9 Å². The number of nitrogens with one attached hydrogen (secondary N) is 1. The van der Waals surface area contributed by atoms with Gasteiger partial charge in [-0.05, 0) is 31.1 Å². The summed E-state index contributed by atoms with van der Waals surface area (Å²) < 4.78 is 5.08. The molecule has 0 fully saturated rings. The highest BCUT2D eigenvalue weighted by molar-refractivity contribution is 8.13. The van der Waals surface area contributed by atoms with Gasteiger partial charge in [0.2, 0.25) is 5.91 Å². The Labute approximate surface area is 153 Å². The van der Waals surface area contributed by atoms with Gasteiger partial charge in [-0.1, -0.05) is 61.0 Å².